The van der Waals surface area contributed by atoms with Crippen LogP contribution in [0.2, 0.25) is 0 Å². The fraction of sp³-hybridized carbons (Fsp3) is 0.286. The van der Waals surface area contributed by atoms with Gasteiger partial charge >= 0.3 is 5.97 Å². The molecule has 3 rings (SSSR count). The summed E-state index contributed by atoms with van der Waals surface area (Å²) in [6, 6.07) is 8.90. The van der Waals surface area contributed by atoms with Crippen molar-refractivity contribution in [2.24, 2.45) is 0 Å². The van der Waals surface area contributed by atoms with Crippen molar-refractivity contribution in [2.45, 2.75) is 25.0 Å². The molecule has 1 aliphatic rings. The van der Waals surface area contributed by atoms with Crippen molar-refractivity contribution >= 4 is 22.7 Å². The smallest absolute Gasteiger partial charge is 0.336 e. The Morgan fingerprint density at radius 2 is 2.05 bits per heavy atom. The minimum atomic E-state index is -0.963. The van der Waals surface area contributed by atoms with Crippen molar-refractivity contribution in [1.82, 2.24) is 4.98 Å². The Labute approximate surface area is 109 Å². The maximum atomic E-state index is 11.3. The number of carboxylic acids is 1. The van der Waals surface area contributed by atoms with Crippen molar-refractivity contribution < 1.29 is 15.0 Å². The molecule has 0 bridgehead atoms. The van der Waals surface area contributed by atoms with Crippen LogP contribution in [0.4, 0.5) is 5.82 Å². The number of carbonyl (C=O) groups is 1. The Morgan fingerprint density at radius 3 is 2.74 bits per heavy atom. The van der Waals surface area contributed by atoms with Crippen molar-refractivity contribution in [2.75, 3.05) is 5.32 Å². The van der Waals surface area contributed by atoms with E-state index in [4.69, 9.17) is 0 Å². The highest BCUT2D eigenvalue weighted by Crippen LogP contribution is 2.26. The molecule has 19 heavy (non-hydrogen) atoms. The second kappa shape index (κ2) is 4.51. The summed E-state index contributed by atoms with van der Waals surface area (Å²) >= 11 is 0. The van der Waals surface area contributed by atoms with E-state index in [0.29, 0.717) is 29.6 Å². The monoisotopic (exact) mass is 258 g/mol. The molecular weight excluding hydrogens is 244 g/mol. The molecule has 2 aromatic rings. The van der Waals surface area contributed by atoms with Gasteiger partial charge in [0.05, 0.1) is 17.2 Å². The zero-order chi connectivity index (χ0) is 13.4. The topological polar surface area (TPSA) is 82.5 Å². The largest absolute Gasteiger partial charge is 0.478 e. The van der Waals surface area contributed by atoms with Crippen LogP contribution in [0, 0.1) is 0 Å². The molecule has 98 valence electrons. The third-order valence-electron chi connectivity index (χ3n) is 3.41. The quantitative estimate of drug-likeness (QED) is 0.782. The van der Waals surface area contributed by atoms with Crippen molar-refractivity contribution in [1.29, 1.82) is 0 Å². The summed E-state index contributed by atoms with van der Waals surface area (Å²) in [6.45, 7) is 0. The number of pyridine rings is 1. The van der Waals surface area contributed by atoms with Crippen molar-refractivity contribution in [3.8, 4) is 0 Å². The average molecular weight is 258 g/mol. The first-order valence-corrected chi connectivity index (χ1v) is 6.21. The molecule has 0 aliphatic heterocycles. The van der Waals surface area contributed by atoms with Gasteiger partial charge in [0.1, 0.15) is 5.82 Å². The molecule has 5 heteroatoms. The van der Waals surface area contributed by atoms with Gasteiger partial charge in [0.2, 0.25) is 0 Å². The van der Waals surface area contributed by atoms with Crippen LogP contribution in [0.25, 0.3) is 10.9 Å². The lowest BCUT2D eigenvalue weighted by Gasteiger charge is -2.32. The molecule has 1 heterocycles. The molecule has 1 aromatic heterocycles. The highest BCUT2D eigenvalue weighted by atomic mass is 16.4. The van der Waals surface area contributed by atoms with E-state index < -0.39 is 5.97 Å². The van der Waals surface area contributed by atoms with Crippen LogP contribution in [-0.2, 0) is 0 Å². The predicted molar refractivity (Wildman–Crippen MR) is 71.4 cm³/mol. The van der Waals surface area contributed by atoms with Gasteiger partial charge in [0, 0.05) is 11.4 Å². The zero-order valence-electron chi connectivity index (χ0n) is 10.2. The van der Waals surface area contributed by atoms with E-state index in [1.807, 2.05) is 6.07 Å². The lowest BCUT2D eigenvalue weighted by atomic mass is 9.89. The minimum Gasteiger partial charge on any atom is -0.478 e. The Kier molecular flexibility index (Phi) is 2.83. The fourth-order valence-electron chi connectivity index (χ4n) is 2.34. The average Bonchev–Trinajstić information content (AvgIpc) is 2.36. The van der Waals surface area contributed by atoms with Crippen LogP contribution < -0.4 is 5.32 Å². The summed E-state index contributed by atoms with van der Waals surface area (Å²) in [5.74, 6) is -0.414. The molecule has 1 saturated carbocycles. The Balaban J connectivity index is 1.99. The molecule has 1 aliphatic carbocycles. The third kappa shape index (κ3) is 2.24. The lowest BCUT2D eigenvalue weighted by molar-refractivity contribution is 0.0698. The van der Waals surface area contributed by atoms with Gasteiger partial charge in [-0.15, -0.1) is 0 Å². The Morgan fingerprint density at radius 1 is 1.32 bits per heavy atom. The van der Waals surface area contributed by atoms with E-state index in [9.17, 15) is 15.0 Å². The van der Waals surface area contributed by atoms with Gasteiger partial charge in [-0.25, -0.2) is 9.78 Å². The minimum absolute atomic E-state index is 0.172. The normalized spacial score (nSPS) is 21.9. The van der Waals surface area contributed by atoms with Crippen molar-refractivity contribution in [3.05, 3.63) is 35.9 Å². The summed E-state index contributed by atoms with van der Waals surface area (Å²) < 4.78 is 0. The Bertz CT molecular complexity index is 636. The molecule has 0 spiro atoms. The molecule has 0 radical (unpaired) electrons. The van der Waals surface area contributed by atoms with E-state index in [1.54, 1.807) is 24.3 Å². The highest BCUT2D eigenvalue weighted by Gasteiger charge is 2.27. The summed E-state index contributed by atoms with van der Waals surface area (Å²) in [6.07, 6.45) is 1.10. The zero-order valence-corrected chi connectivity index (χ0v) is 10.2. The van der Waals surface area contributed by atoms with Gasteiger partial charge in [-0.2, -0.15) is 0 Å². The maximum Gasteiger partial charge on any atom is 0.336 e. The van der Waals surface area contributed by atoms with E-state index in [2.05, 4.69) is 10.3 Å². The standard InChI is InChI=1S/C14H14N2O3/c17-9-5-8(6-9)15-13-7-11(14(18)19)10-3-1-2-4-12(10)16-13/h1-4,7-9,17H,5-6H2,(H,15,16)(H,18,19). The molecule has 0 atom stereocenters. The van der Waals surface area contributed by atoms with Crippen LogP contribution in [-0.4, -0.2) is 33.3 Å². The maximum absolute atomic E-state index is 11.3. The van der Waals surface area contributed by atoms with Crippen molar-refractivity contribution in [3.63, 3.8) is 0 Å². The van der Waals surface area contributed by atoms with Crippen LogP contribution in [0.3, 0.4) is 0 Å². The molecule has 5 nitrogen and oxygen atoms in total. The summed E-state index contributed by atoms with van der Waals surface area (Å²) in [5, 5.41) is 22.3. The van der Waals surface area contributed by atoms with Gasteiger partial charge in [-0.3, -0.25) is 0 Å². The third-order valence-corrected chi connectivity index (χ3v) is 3.41. The summed E-state index contributed by atoms with van der Waals surface area (Å²) in [5.41, 5.74) is 0.901. The lowest BCUT2D eigenvalue weighted by Crippen LogP contribution is -2.39. The number of carboxylic acid groups (broad SMARTS) is 1. The first-order valence-electron chi connectivity index (χ1n) is 6.21. The molecule has 1 aromatic carbocycles. The van der Waals surface area contributed by atoms with Gasteiger partial charge in [0.15, 0.2) is 0 Å². The number of rotatable bonds is 3. The number of aliphatic hydroxyl groups is 1. The predicted octanol–water partition coefficient (Wildman–Crippen LogP) is 1.87. The number of aromatic nitrogens is 1. The number of nitrogens with one attached hydrogen (secondary N) is 1. The molecule has 0 saturated heterocycles. The summed E-state index contributed by atoms with van der Waals surface area (Å²) in [7, 11) is 0. The molecule has 0 unspecified atom stereocenters. The first kappa shape index (κ1) is 11.9. The van der Waals surface area contributed by atoms with Gasteiger partial charge in [0.25, 0.3) is 0 Å². The van der Waals surface area contributed by atoms with Gasteiger partial charge < -0.3 is 15.5 Å². The number of fused-ring (bicyclic) bond motifs is 1. The van der Waals surface area contributed by atoms with E-state index >= 15 is 0 Å². The van der Waals surface area contributed by atoms with Crippen LogP contribution in [0.1, 0.15) is 23.2 Å². The molecule has 0 amide bonds. The number of anilines is 1. The van der Waals surface area contributed by atoms with E-state index in [0.717, 1.165) is 0 Å². The number of aromatic carboxylic acids is 1. The SMILES string of the molecule is O=C(O)c1cc(NC2CC(O)C2)nc2ccccc12. The highest BCUT2D eigenvalue weighted by molar-refractivity contribution is 6.03. The van der Waals surface area contributed by atoms with Gasteiger partial charge in [-0.1, -0.05) is 18.2 Å². The number of para-hydroxylation sites is 1. The van der Waals surface area contributed by atoms with Crippen LogP contribution in [0.15, 0.2) is 30.3 Å². The van der Waals surface area contributed by atoms with Gasteiger partial charge in [-0.05, 0) is 25.0 Å². The van der Waals surface area contributed by atoms with Crippen LogP contribution >= 0.6 is 0 Å². The first-order chi connectivity index (χ1) is 9.13. The molecular formula is C14H14N2O3. The summed E-state index contributed by atoms with van der Waals surface area (Å²) in [4.78, 5) is 15.7. The number of benzene rings is 1. The number of aliphatic hydroxyl groups excluding tert-OH is 1. The second-order valence-corrected chi connectivity index (χ2v) is 4.84. The van der Waals surface area contributed by atoms with E-state index in [-0.39, 0.29) is 17.7 Å². The molecule has 3 N–H and O–H groups in total. The number of hydrogen-bond donors (Lipinski definition) is 3. The van der Waals surface area contributed by atoms with Crippen LogP contribution in [0.5, 0.6) is 0 Å². The number of hydrogen-bond acceptors (Lipinski definition) is 4. The Hall–Kier alpha value is -2.14. The number of nitrogens with zero attached hydrogens (tertiary/aromatic N) is 1. The van der Waals surface area contributed by atoms with E-state index in [1.165, 1.54) is 0 Å². The fourth-order valence-corrected chi connectivity index (χ4v) is 2.34. The molecule has 1 fully saturated rings. The second-order valence-electron chi connectivity index (χ2n) is 4.84.